The van der Waals surface area contributed by atoms with Crippen molar-refractivity contribution >= 4 is 29.3 Å². The van der Waals surface area contributed by atoms with Crippen molar-refractivity contribution in [2.75, 3.05) is 5.32 Å². The lowest BCUT2D eigenvalue weighted by atomic mass is 9.98. The molecule has 0 unspecified atom stereocenters. The SMILES string of the molecule is O=C(Nc1cc(F)ccc1Cl)NC1(C(=O)O)CCCC1. The smallest absolute Gasteiger partial charge is 0.329 e. The van der Waals surface area contributed by atoms with Crippen LogP contribution >= 0.6 is 11.6 Å². The van der Waals surface area contributed by atoms with Gasteiger partial charge in [0.25, 0.3) is 0 Å². The Morgan fingerprint density at radius 1 is 1.30 bits per heavy atom. The summed E-state index contributed by atoms with van der Waals surface area (Å²) in [5.41, 5.74) is -1.15. The summed E-state index contributed by atoms with van der Waals surface area (Å²) < 4.78 is 13.1. The minimum absolute atomic E-state index is 0.0997. The van der Waals surface area contributed by atoms with E-state index in [1.807, 2.05) is 0 Å². The van der Waals surface area contributed by atoms with Gasteiger partial charge in [0.2, 0.25) is 0 Å². The van der Waals surface area contributed by atoms with Crippen LogP contribution in [0, 0.1) is 5.82 Å². The van der Waals surface area contributed by atoms with Crippen molar-refractivity contribution in [2.45, 2.75) is 31.2 Å². The molecule has 7 heteroatoms. The summed E-state index contributed by atoms with van der Waals surface area (Å²) in [6.07, 6.45) is 2.25. The van der Waals surface area contributed by atoms with Gasteiger partial charge in [-0.1, -0.05) is 24.4 Å². The number of anilines is 1. The fourth-order valence-corrected chi connectivity index (χ4v) is 2.50. The standard InChI is InChI=1S/C13H14ClFN2O3/c14-9-4-3-8(15)7-10(9)16-12(20)17-13(11(18)19)5-1-2-6-13/h3-4,7H,1-2,5-6H2,(H,18,19)(H2,16,17,20). The number of amides is 2. The molecule has 1 aromatic carbocycles. The molecule has 0 aromatic heterocycles. The summed E-state index contributed by atoms with van der Waals surface area (Å²) in [6, 6.07) is 2.85. The number of urea groups is 1. The van der Waals surface area contributed by atoms with Gasteiger partial charge in [0.1, 0.15) is 11.4 Å². The second-order valence-corrected chi connectivity index (χ2v) is 5.20. The first kappa shape index (κ1) is 14.6. The zero-order valence-corrected chi connectivity index (χ0v) is 11.3. The van der Waals surface area contributed by atoms with E-state index in [0.29, 0.717) is 12.8 Å². The van der Waals surface area contributed by atoms with Gasteiger partial charge >= 0.3 is 12.0 Å². The van der Waals surface area contributed by atoms with Crippen LogP contribution in [0.4, 0.5) is 14.9 Å². The second-order valence-electron chi connectivity index (χ2n) is 4.80. The highest BCUT2D eigenvalue weighted by Gasteiger charge is 2.42. The molecular weight excluding hydrogens is 287 g/mol. The number of carbonyl (C=O) groups excluding carboxylic acids is 1. The van der Waals surface area contributed by atoms with Crippen LogP contribution < -0.4 is 10.6 Å². The van der Waals surface area contributed by atoms with E-state index in [1.54, 1.807) is 0 Å². The fourth-order valence-electron chi connectivity index (χ4n) is 2.34. The molecule has 0 saturated heterocycles. The highest BCUT2D eigenvalue weighted by atomic mass is 35.5. The van der Waals surface area contributed by atoms with Crippen molar-refractivity contribution < 1.29 is 19.1 Å². The molecule has 2 rings (SSSR count). The van der Waals surface area contributed by atoms with Gasteiger partial charge in [-0.2, -0.15) is 0 Å². The minimum Gasteiger partial charge on any atom is -0.480 e. The Hall–Kier alpha value is -1.82. The van der Waals surface area contributed by atoms with Crippen LogP contribution in [0.1, 0.15) is 25.7 Å². The largest absolute Gasteiger partial charge is 0.480 e. The number of rotatable bonds is 3. The highest BCUT2D eigenvalue weighted by Crippen LogP contribution is 2.30. The summed E-state index contributed by atoms with van der Waals surface area (Å²) in [6.45, 7) is 0. The molecule has 5 nitrogen and oxygen atoms in total. The highest BCUT2D eigenvalue weighted by molar-refractivity contribution is 6.33. The van der Waals surface area contributed by atoms with Gasteiger partial charge in [0, 0.05) is 0 Å². The molecule has 0 spiro atoms. The maximum Gasteiger partial charge on any atom is 0.329 e. The molecule has 0 radical (unpaired) electrons. The summed E-state index contributed by atoms with van der Waals surface area (Å²) in [5.74, 6) is -1.60. The van der Waals surface area contributed by atoms with Gasteiger partial charge in [0.15, 0.2) is 0 Å². The molecule has 1 fully saturated rings. The third kappa shape index (κ3) is 3.01. The van der Waals surface area contributed by atoms with Crippen LogP contribution in [0.5, 0.6) is 0 Å². The molecule has 1 aliphatic rings. The number of halogens is 2. The molecule has 2 amide bonds. The summed E-state index contributed by atoms with van der Waals surface area (Å²) >= 11 is 5.83. The Kier molecular flexibility index (Phi) is 4.13. The first-order valence-electron chi connectivity index (χ1n) is 6.20. The number of carbonyl (C=O) groups is 2. The third-order valence-electron chi connectivity index (χ3n) is 3.40. The van der Waals surface area contributed by atoms with Crippen LogP contribution in [0.15, 0.2) is 18.2 Å². The summed E-state index contributed by atoms with van der Waals surface area (Å²) in [5, 5.41) is 14.3. The molecule has 108 valence electrons. The maximum absolute atomic E-state index is 13.1. The van der Waals surface area contributed by atoms with Gasteiger partial charge < -0.3 is 15.7 Å². The Morgan fingerprint density at radius 2 is 1.95 bits per heavy atom. The molecule has 3 N–H and O–H groups in total. The molecule has 1 saturated carbocycles. The van der Waals surface area contributed by atoms with Crippen LogP contribution in [0.3, 0.4) is 0 Å². The number of carboxylic acid groups (broad SMARTS) is 1. The zero-order chi connectivity index (χ0) is 14.8. The fraction of sp³-hybridized carbons (Fsp3) is 0.385. The lowest BCUT2D eigenvalue weighted by molar-refractivity contribution is -0.144. The monoisotopic (exact) mass is 300 g/mol. The van der Waals surface area contributed by atoms with Gasteiger partial charge in [-0.15, -0.1) is 0 Å². The maximum atomic E-state index is 13.1. The summed E-state index contributed by atoms with van der Waals surface area (Å²) in [4.78, 5) is 23.2. The van der Waals surface area contributed by atoms with E-state index in [9.17, 15) is 19.1 Å². The zero-order valence-electron chi connectivity index (χ0n) is 10.6. The van der Waals surface area contributed by atoms with Crippen molar-refractivity contribution in [2.24, 2.45) is 0 Å². The average molecular weight is 301 g/mol. The first-order chi connectivity index (χ1) is 9.43. The topological polar surface area (TPSA) is 78.4 Å². The number of carboxylic acids is 1. The van der Waals surface area contributed by atoms with Crippen LogP contribution in [-0.2, 0) is 4.79 Å². The molecule has 1 aromatic rings. The van der Waals surface area contributed by atoms with Crippen molar-refractivity contribution in [3.8, 4) is 0 Å². The number of hydrogen-bond donors (Lipinski definition) is 3. The van der Waals surface area contributed by atoms with Crippen LogP contribution in [-0.4, -0.2) is 22.6 Å². The number of hydrogen-bond acceptors (Lipinski definition) is 2. The van der Waals surface area contributed by atoms with E-state index in [0.717, 1.165) is 18.9 Å². The number of benzene rings is 1. The Morgan fingerprint density at radius 3 is 2.55 bits per heavy atom. The molecule has 0 atom stereocenters. The number of aliphatic carboxylic acids is 1. The van der Waals surface area contributed by atoms with E-state index in [4.69, 9.17) is 11.6 Å². The van der Waals surface area contributed by atoms with Crippen molar-refractivity contribution in [1.29, 1.82) is 0 Å². The summed E-state index contributed by atoms with van der Waals surface area (Å²) in [7, 11) is 0. The van der Waals surface area contributed by atoms with Gasteiger partial charge in [-0.25, -0.2) is 14.0 Å². The quantitative estimate of drug-likeness (QED) is 0.803. The second kappa shape index (κ2) is 5.66. The predicted molar refractivity (Wildman–Crippen MR) is 72.4 cm³/mol. The van der Waals surface area contributed by atoms with E-state index < -0.39 is 23.4 Å². The van der Waals surface area contributed by atoms with Crippen molar-refractivity contribution in [3.05, 3.63) is 29.0 Å². The van der Waals surface area contributed by atoms with E-state index in [-0.39, 0.29) is 10.7 Å². The van der Waals surface area contributed by atoms with Gasteiger partial charge in [0.05, 0.1) is 10.7 Å². The Labute approximate surface area is 120 Å². The third-order valence-corrected chi connectivity index (χ3v) is 3.73. The lowest BCUT2D eigenvalue weighted by Crippen LogP contribution is -2.53. The van der Waals surface area contributed by atoms with E-state index >= 15 is 0 Å². The number of nitrogens with one attached hydrogen (secondary N) is 2. The predicted octanol–water partition coefficient (Wildman–Crippen LogP) is 3.00. The molecule has 0 heterocycles. The molecule has 20 heavy (non-hydrogen) atoms. The first-order valence-corrected chi connectivity index (χ1v) is 6.58. The molecular formula is C13H14ClFN2O3. The Balaban J connectivity index is 2.08. The molecule has 0 bridgehead atoms. The van der Waals surface area contributed by atoms with Crippen LogP contribution in [0.25, 0.3) is 0 Å². The van der Waals surface area contributed by atoms with Crippen molar-refractivity contribution in [3.63, 3.8) is 0 Å². The van der Waals surface area contributed by atoms with E-state index in [2.05, 4.69) is 10.6 Å². The van der Waals surface area contributed by atoms with Crippen molar-refractivity contribution in [1.82, 2.24) is 5.32 Å². The normalized spacial score (nSPS) is 16.7. The molecule has 1 aliphatic carbocycles. The average Bonchev–Trinajstić information content (AvgIpc) is 2.83. The lowest BCUT2D eigenvalue weighted by Gasteiger charge is -2.25. The minimum atomic E-state index is -1.25. The van der Waals surface area contributed by atoms with Crippen LogP contribution in [0.2, 0.25) is 5.02 Å². The Bertz CT molecular complexity index is 544. The van der Waals surface area contributed by atoms with Gasteiger partial charge in [-0.3, -0.25) is 0 Å². The molecule has 0 aliphatic heterocycles. The van der Waals surface area contributed by atoms with E-state index in [1.165, 1.54) is 12.1 Å². The van der Waals surface area contributed by atoms with Gasteiger partial charge in [-0.05, 0) is 31.0 Å².